The smallest absolute Gasteiger partial charge is 0.0489 e. The molecular formula is C19H29N5. The van der Waals surface area contributed by atoms with Crippen LogP contribution in [0, 0.1) is 0 Å². The molecule has 1 aliphatic rings. The average molecular weight is 327 g/mol. The Morgan fingerprint density at radius 3 is 2.96 bits per heavy atom. The Hall–Kier alpha value is -1.72. The molecule has 130 valence electrons. The Kier molecular flexibility index (Phi) is 6.38. The van der Waals surface area contributed by atoms with Crippen molar-refractivity contribution < 1.29 is 0 Å². The van der Waals surface area contributed by atoms with Crippen LogP contribution in [-0.2, 0) is 13.0 Å². The van der Waals surface area contributed by atoms with Crippen molar-refractivity contribution in [3.05, 3.63) is 48.5 Å². The normalized spacial score (nSPS) is 19.0. The van der Waals surface area contributed by atoms with Crippen LogP contribution in [0.25, 0.3) is 0 Å². The van der Waals surface area contributed by atoms with E-state index in [9.17, 15) is 0 Å². The van der Waals surface area contributed by atoms with Gasteiger partial charge in [-0.1, -0.05) is 6.07 Å². The van der Waals surface area contributed by atoms with E-state index in [1.807, 2.05) is 35.4 Å². The van der Waals surface area contributed by atoms with Crippen LogP contribution in [0.5, 0.6) is 0 Å². The zero-order valence-corrected chi connectivity index (χ0v) is 14.7. The highest BCUT2D eigenvalue weighted by atomic mass is 15.3. The third-order valence-corrected chi connectivity index (χ3v) is 4.97. The summed E-state index contributed by atoms with van der Waals surface area (Å²) in [7, 11) is 2.26. The zero-order valence-electron chi connectivity index (χ0n) is 14.7. The van der Waals surface area contributed by atoms with Crippen LogP contribution in [0.1, 0.15) is 25.0 Å². The molecule has 2 aromatic heterocycles. The van der Waals surface area contributed by atoms with Crippen molar-refractivity contribution in [2.24, 2.45) is 0 Å². The molecule has 1 aliphatic heterocycles. The summed E-state index contributed by atoms with van der Waals surface area (Å²) in [5, 5.41) is 4.28. The van der Waals surface area contributed by atoms with E-state index in [0.29, 0.717) is 6.04 Å². The lowest BCUT2D eigenvalue weighted by Gasteiger charge is -2.37. The van der Waals surface area contributed by atoms with Gasteiger partial charge < -0.3 is 9.80 Å². The number of aromatic nitrogens is 3. The number of hydrogen-bond acceptors (Lipinski definition) is 4. The quantitative estimate of drug-likeness (QED) is 0.746. The van der Waals surface area contributed by atoms with Crippen LogP contribution >= 0.6 is 0 Å². The van der Waals surface area contributed by atoms with Crippen LogP contribution in [0.4, 0.5) is 0 Å². The number of aryl methyl sites for hydroxylation is 1. The highest BCUT2D eigenvalue weighted by Gasteiger charge is 2.22. The molecule has 1 atom stereocenters. The molecule has 24 heavy (non-hydrogen) atoms. The maximum atomic E-state index is 4.43. The number of likely N-dealkylation sites (tertiary alicyclic amines) is 1. The van der Waals surface area contributed by atoms with E-state index < -0.39 is 0 Å². The molecule has 3 rings (SSSR count). The molecule has 5 heteroatoms. The van der Waals surface area contributed by atoms with Crippen LogP contribution in [0.15, 0.2) is 42.9 Å². The lowest BCUT2D eigenvalue weighted by molar-refractivity contribution is 0.115. The summed E-state index contributed by atoms with van der Waals surface area (Å²) < 4.78 is 2.03. The molecule has 0 saturated carbocycles. The van der Waals surface area contributed by atoms with Gasteiger partial charge >= 0.3 is 0 Å². The first-order valence-corrected chi connectivity index (χ1v) is 9.11. The highest BCUT2D eigenvalue weighted by molar-refractivity contribution is 5.03. The van der Waals surface area contributed by atoms with Gasteiger partial charge in [0.2, 0.25) is 0 Å². The summed E-state index contributed by atoms with van der Waals surface area (Å²) in [6, 6.07) is 8.84. The number of piperidine rings is 1. The van der Waals surface area contributed by atoms with Crippen molar-refractivity contribution in [2.75, 3.05) is 33.2 Å². The molecule has 0 N–H and O–H groups in total. The van der Waals surface area contributed by atoms with Crippen molar-refractivity contribution in [3.8, 4) is 0 Å². The third-order valence-electron chi connectivity index (χ3n) is 4.97. The number of nitrogens with zero attached hydrogens (tertiary/aromatic N) is 5. The van der Waals surface area contributed by atoms with E-state index in [0.717, 1.165) is 19.5 Å². The SMILES string of the molecule is CN(CCc1ccccn1)[C@H]1CCCN(CCCn2cccn2)C1. The van der Waals surface area contributed by atoms with E-state index in [4.69, 9.17) is 0 Å². The van der Waals surface area contributed by atoms with Crippen LogP contribution in [0.2, 0.25) is 0 Å². The average Bonchev–Trinajstić information content (AvgIpc) is 3.14. The van der Waals surface area contributed by atoms with E-state index >= 15 is 0 Å². The molecule has 2 aromatic rings. The molecular weight excluding hydrogens is 298 g/mol. The second-order valence-electron chi connectivity index (χ2n) is 6.77. The van der Waals surface area contributed by atoms with E-state index in [-0.39, 0.29) is 0 Å². The van der Waals surface area contributed by atoms with Gasteiger partial charge in [-0.25, -0.2) is 0 Å². The molecule has 0 aliphatic carbocycles. The Labute approximate surface area is 145 Å². The minimum Gasteiger partial charge on any atom is -0.302 e. The summed E-state index contributed by atoms with van der Waals surface area (Å²) in [4.78, 5) is 9.57. The number of pyridine rings is 1. The van der Waals surface area contributed by atoms with Gasteiger partial charge in [0.1, 0.15) is 0 Å². The van der Waals surface area contributed by atoms with E-state index in [1.165, 1.54) is 44.6 Å². The summed E-state index contributed by atoms with van der Waals surface area (Å²) in [5.74, 6) is 0. The third kappa shape index (κ3) is 5.14. The molecule has 0 aromatic carbocycles. The summed E-state index contributed by atoms with van der Waals surface area (Å²) in [6.07, 6.45) is 10.6. The van der Waals surface area contributed by atoms with Gasteiger partial charge in [0.15, 0.2) is 0 Å². The fraction of sp³-hybridized carbons (Fsp3) is 0.579. The van der Waals surface area contributed by atoms with E-state index in [1.54, 1.807) is 0 Å². The highest BCUT2D eigenvalue weighted by Crippen LogP contribution is 2.15. The monoisotopic (exact) mass is 327 g/mol. The first-order chi connectivity index (χ1) is 11.8. The predicted octanol–water partition coefficient (Wildman–Crippen LogP) is 2.31. The van der Waals surface area contributed by atoms with Crippen molar-refractivity contribution >= 4 is 0 Å². The Morgan fingerprint density at radius 2 is 2.17 bits per heavy atom. The molecule has 5 nitrogen and oxygen atoms in total. The van der Waals surface area contributed by atoms with Crippen molar-refractivity contribution in [1.82, 2.24) is 24.6 Å². The maximum Gasteiger partial charge on any atom is 0.0489 e. The van der Waals surface area contributed by atoms with Crippen LogP contribution in [-0.4, -0.2) is 63.8 Å². The lowest BCUT2D eigenvalue weighted by Crippen LogP contribution is -2.47. The molecule has 0 amide bonds. The zero-order chi connectivity index (χ0) is 16.6. The molecule has 0 unspecified atom stereocenters. The molecule has 0 radical (unpaired) electrons. The maximum absolute atomic E-state index is 4.43. The molecule has 3 heterocycles. The van der Waals surface area contributed by atoms with Gasteiger partial charge in [0.25, 0.3) is 0 Å². The van der Waals surface area contributed by atoms with Gasteiger partial charge in [0.05, 0.1) is 0 Å². The Balaban J connectivity index is 1.39. The van der Waals surface area contributed by atoms with Gasteiger partial charge in [-0.2, -0.15) is 5.10 Å². The van der Waals surface area contributed by atoms with Gasteiger partial charge in [0, 0.05) is 56.4 Å². The largest absolute Gasteiger partial charge is 0.302 e. The lowest BCUT2D eigenvalue weighted by atomic mass is 10.0. The predicted molar refractivity (Wildman–Crippen MR) is 96.9 cm³/mol. The minimum atomic E-state index is 0.673. The number of hydrogen-bond donors (Lipinski definition) is 0. The second kappa shape index (κ2) is 8.94. The van der Waals surface area contributed by atoms with Crippen LogP contribution in [0.3, 0.4) is 0 Å². The molecule has 0 spiro atoms. The Morgan fingerprint density at radius 1 is 1.21 bits per heavy atom. The van der Waals surface area contributed by atoms with Crippen LogP contribution < -0.4 is 0 Å². The van der Waals surface area contributed by atoms with Gasteiger partial charge in [-0.15, -0.1) is 0 Å². The first-order valence-electron chi connectivity index (χ1n) is 9.11. The van der Waals surface area contributed by atoms with E-state index in [2.05, 4.69) is 39.1 Å². The molecule has 1 saturated heterocycles. The number of likely N-dealkylation sites (N-methyl/N-ethyl adjacent to an activating group) is 1. The molecule has 0 bridgehead atoms. The topological polar surface area (TPSA) is 37.2 Å². The van der Waals surface area contributed by atoms with Crippen molar-refractivity contribution in [3.63, 3.8) is 0 Å². The minimum absolute atomic E-state index is 0.673. The standard InChI is InChI=1S/C19H29N5/c1-22(16-9-18-7-2-3-10-20-18)19-8-4-12-23(17-19)13-6-15-24-14-5-11-21-24/h2-3,5,7,10-11,14,19H,4,6,8-9,12-13,15-17H2,1H3/t19-/m0/s1. The van der Waals surface area contributed by atoms with Gasteiger partial charge in [-0.3, -0.25) is 9.67 Å². The Bertz CT molecular complexity index is 569. The summed E-state index contributed by atoms with van der Waals surface area (Å²) in [6.45, 7) is 5.71. The second-order valence-corrected chi connectivity index (χ2v) is 6.77. The summed E-state index contributed by atoms with van der Waals surface area (Å²) in [5.41, 5.74) is 1.19. The van der Waals surface area contributed by atoms with Gasteiger partial charge in [-0.05, 0) is 57.6 Å². The van der Waals surface area contributed by atoms with Crippen molar-refractivity contribution in [2.45, 2.75) is 38.3 Å². The first kappa shape index (κ1) is 17.1. The fourth-order valence-electron chi connectivity index (χ4n) is 3.50. The fourth-order valence-corrected chi connectivity index (χ4v) is 3.50. The summed E-state index contributed by atoms with van der Waals surface area (Å²) >= 11 is 0. The number of rotatable bonds is 8. The van der Waals surface area contributed by atoms with Crippen molar-refractivity contribution in [1.29, 1.82) is 0 Å². The molecule has 1 fully saturated rings.